The Kier molecular flexibility index (Phi) is 5.11. The molecule has 1 unspecified atom stereocenters. The van der Waals surface area contributed by atoms with Crippen LogP contribution in [0.25, 0.3) is 11.4 Å². The summed E-state index contributed by atoms with van der Waals surface area (Å²) in [6.45, 7) is 0.594. The van der Waals surface area contributed by atoms with E-state index in [1.54, 1.807) is 4.90 Å². The van der Waals surface area contributed by atoms with Crippen molar-refractivity contribution in [1.29, 1.82) is 0 Å². The van der Waals surface area contributed by atoms with Crippen molar-refractivity contribution in [2.45, 2.75) is 31.7 Å². The quantitative estimate of drug-likeness (QED) is 0.682. The summed E-state index contributed by atoms with van der Waals surface area (Å²) in [5.41, 5.74) is 2.50. The lowest BCUT2D eigenvalue weighted by Crippen LogP contribution is -2.41. The van der Waals surface area contributed by atoms with Crippen molar-refractivity contribution in [3.8, 4) is 17.1 Å². The Balaban J connectivity index is 1.32. The van der Waals surface area contributed by atoms with Gasteiger partial charge in [-0.3, -0.25) is 9.59 Å². The van der Waals surface area contributed by atoms with E-state index in [-0.39, 0.29) is 24.5 Å². The largest absolute Gasteiger partial charge is 0.484 e. The molecule has 0 spiro atoms. The Hall–Kier alpha value is -3.68. The zero-order valence-electron chi connectivity index (χ0n) is 16.9. The summed E-state index contributed by atoms with van der Waals surface area (Å²) in [6.07, 6.45) is 3.06. The maximum Gasteiger partial charge on any atom is 0.261 e. The summed E-state index contributed by atoms with van der Waals surface area (Å²) in [6, 6.07) is 14.7. The van der Waals surface area contributed by atoms with Gasteiger partial charge in [0, 0.05) is 17.8 Å². The third kappa shape index (κ3) is 4.01. The third-order valence-corrected chi connectivity index (χ3v) is 5.65. The van der Waals surface area contributed by atoms with Gasteiger partial charge >= 0.3 is 0 Å². The van der Waals surface area contributed by atoms with Crippen molar-refractivity contribution in [2.24, 2.45) is 0 Å². The maximum atomic E-state index is 12.9. The molecular weight excluding hydrogens is 396 g/mol. The first kappa shape index (κ1) is 19.3. The van der Waals surface area contributed by atoms with E-state index in [1.165, 1.54) is 0 Å². The number of aromatic nitrogens is 2. The van der Waals surface area contributed by atoms with Crippen LogP contribution in [0.4, 0.5) is 5.69 Å². The average molecular weight is 418 g/mol. The lowest BCUT2D eigenvalue weighted by atomic mass is 10.0. The molecule has 31 heavy (non-hydrogen) atoms. The molecule has 158 valence electrons. The van der Waals surface area contributed by atoms with Gasteiger partial charge in [-0.1, -0.05) is 35.5 Å². The summed E-state index contributed by atoms with van der Waals surface area (Å²) >= 11 is 0. The molecule has 5 rings (SSSR count). The number of nitrogens with one attached hydrogen (secondary N) is 1. The standard InChI is InChI=1S/C23H22N4O4/c28-20-13-15-9-10-16(12-18(15)24-20)22-25-23(31-26-22)19-8-4-5-11-27(19)21(29)14-30-17-6-2-1-3-7-17/h1-3,6-7,9-10,12,19H,4-5,8,11,13-14H2,(H,24,28). The minimum absolute atomic E-state index is 0.0185. The van der Waals surface area contributed by atoms with E-state index in [0.717, 1.165) is 36.1 Å². The van der Waals surface area contributed by atoms with Crippen molar-refractivity contribution in [3.63, 3.8) is 0 Å². The lowest BCUT2D eigenvalue weighted by molar-refractivity contribution is -0.138. The predicted octanol–water partition coefficient (Wildman–Crippen LogP) is 3.36. The molecule has 1 atom stereocenters. The van der Waals surface area contributed by atoms with Gasteiger partial charge in [-0.15, -0.1) is 0 Å². The number of anilines is 1. The molecule has 0 saturated carbocycles. The number of para-hydroxylation sites is 1. The van der Waals surface area contributed by atoms with Crippen LogP contribution in [0, 0.1) is 0 Å². The summed E-state index contributed by atoms with van der Waals surface area (Å²) in [5, 5.41) is 6.96. The number of benzene rings is 2. The van der Waals surface area contributed by atoms with Crippen LogP contribution in [0.15, 0.2) is 53.1 Å². The maximum absolute atomic E-state index is 12.9. The monoisotopic (exact) mass is 418 g/mol. The van der Waals surface area contributed by atoms with Gasteiger partial charge in [-0.05, 0) is 43.0 Å². The first-order valence-electron chi connectivity index (χ1n) is 10.4. The number of ether oxygens (including phenoxy) is 1. The zero-order chi connectivity index (χ0) is 21.2. The summed E-state index contributed by atoms with van der Waals surface area (Å²) in [7, 11) is 0. The highest BCUT2D eigenvalue weighted by atomic mass is 16.5. The fraction of sp³-hybridized carbons (Fsp3) is 0.304. The van der Waals surface area contributed by atoms with Crippen LogP contribution in [0.3, 0.4) is 0 Å². The number of piperidine rings is 1. The number of fused-ring (bicyclic) bond motifs is 1. The fourth-order valence-electron chi connectivity index (χ4n) is 4.07. The number of rotatable bonds is 5. The number of carbonyl (C=O) groups is 2. The van der Waals surface area contributed by atoms with Crippen molar-refractivity contribution in [2.75, 3.05) is 18.5 Å². The van der Waals surface area contributed by atoms with Gasteiger partial charge in [0.05, 0.1) is 6.42 Å². The molecule has 1 aromatic heterocycles. The number of likely N-dealkylation sites (tertiary alicyclic amines) is 1. The third-order valence-electron chi connectivity index (χ3n) is 5.65. The van der Waals surface area contributed by atoms with E-state index in [2.05, 4.69) is 15.5 Å². The van der Waals surface area contributed by atoms with Crippen LogP contribution in [0.1, 0.15) is 36.8 Å². The summed E-state index contributed by atoms with van der Waals surface area (Å²) in [5.74, 6) is 1.40. The average Bonchev–Trinajstić information content (AvgIpc) is 3.43. The Morgan fingerprint density at radius 3 is 2.94 bits per heavy atom. The molecule has 0 radical (unpaired) electrons. The van der Waals surface area contributed by atoms with Gasteiger partial charge < -0.3 is 19.5 Å². The SMILES string of the molecule is O=C1Cc2ccc(-c3noc(C4CCCCN4C(=O)COc4ccccc4)n3)cc2N1. The van der Waals surface area contributed by atoms with Crippen LogP contribution in [0.5, 0.6) is 5.75 Å². The van der Waals surface area contributed by atoms with Gasteiger partial charge in [0.25, 0.3) is 5.91 Å². The second-order valence-corrected chi connectivity index (χ2v) is 7.75. The van der Waals surface area contributed by atoms with E-state index >= 15 is 0 Å². The molecule has 1 saturated heterocycles. The molecule has 1 N–H and O–H groups in total. The number of carbonyl (C=O) groups excluding carboxylic acids is 2. The minimum Gasteiger partial charge on any atom is -0.484 e. The smallest absolute Gasteiger partial charge is 0.261 e. The number of amides is 2. The van der Waals surface area contributed by atoms with E-state index in [1.807, 2.05) is 48.5 Å². The van der Waals surface area contributed by atoms with Crippen molar-refractivity contribution in [1.82, 2.24) is 15.0 Å². The minimum atomic E-state index is -0.268. The first-order valence-corrected chi connectivity index (χ1v) is 10.4. The number of nitrogens with zero attached hydrogens (tertiary/aromatic N) is 3. The van der Waals surface area contributed by atoms with Crippen LogP contribution < -0.4 is 10.1 Å². The Morgan fingerprint density at radius 2 is 2.06 bits per heavy atom. The van der Waals surface area contributed by atoms with Crippen molar-refractivity contribution < 1.29 is 18.8 Å². The Labute approximate surface area is 179 Å². The number of hydrogen-bond acceptors (Lipinski definition) is 6. The normalized spacial score (nSPS) is 17.9. The zero-order valence-corrected chi connectivity index (χ0v) is 16.9. The molecule has 8 heteroatoms. The van der Waals surface area contributed by atoms with Crippen molar-refractivity contribution in [3.05, 3.63) is 60.0 Å². The van der Waals surface area contributed by atoms with Gasteiger partial charge in [0.15, 0.2) is 6.61 Å². The summed E-state index contributed by atoms with van der Waals surface area (Å²) < 4.78 is 11.2. The van der Waals surface area contributed by atoms with Crippen LogP contribution in [0.2, 0.25) is 0 Å². The predicted molar refractivity (Wildman–Crippen MR) is 112 cm³/mol. The van der Waals surface area contributed by atoms with Crippen molar-refractivity contribution >= 4 is 17.5 Å². The van der Waals surface area contributed by atoms with Crippen LogP contribution >= 0.6 is 0 Å². The highest BCUT2D eigenvalue weighted by Crippen LogP contribution is 2.33. The van der Waals surface area contributed by atoms with Gasteiger partial charge in [0.1, 0.15) is 11.8 Å². The molecule has 3 heterocycles. The Morgan fingerprint density at radius 1 is 1.19 bits per heavy atom. The molecule has 1 fully saturated rings. The van der Waals surface area contributed by atoms with E-state index < -0.39 is 0 Å². The van der Waals surface area contributed by atoms with Gasteiger partial charge in [-0.2, -0.15) is 4.98 Å². The topological polar surface area (TPSA) is 97.6 Å². The molecule has 0 bridgehead atoms. The van der Waals surface area contributed by atoms with Gasteiger partial charge in [-0.25, -0.2) is 0 Å². The highest BCUT2D eigenvalue weighted by molar-refractivity contribution is 5.99. The first-order chi connectivity index (χ1) is 15.2. The Bertz CT molecular complexity index is 1110. The highest BCUT2D eigenvalue weighted by Gasteiger charge is 2.32. The molecule has 2 amide bonds. The molecule has 3 aromatic rings. The second-order valence-electron chi connectivity index (χ2n) is 7.75. The van der Waals surface area contributed by atoms with Gasteiger partial charge in [0.2, 0.25) is 17.6 Å². The molecule has 2 aliphatic rings. The van der Waals surface area contributed by atoms with Crippen LogP contribution in [-0.2, 0) is 16.0 Å². The van der Waals surface area contributed by atoms with Crippen LogP contribution in [-0.4, -0.2) is 40.0 Å². The fourth-order valence-corrected chi connectivity index (χ4v) is 4.07. The molecule has 2 aliphatic heterocycles. The molecule has 0 aliphatic carbocycles. The van der Waals surface area contributed by atoms with E-state index in [4.69, 9.17) is 9.26 Å². The van der Waals surface area contributed by atoms with E-state index in [0.29, 0.717) is 30.4 Å². The second kappa shape index (κ2) is 8.22. The molecule has 8 nitrogen and oxygen atoms in total. The lowest BCUT2D eigenvalue weighted by Gasteiger charge is -2.33. The molecule has 2 aromatic carbocycles. The number of hydrogen-bond donors (Lipinski definition) is 1. The molecular formula is C23H22N4O4. The van der Waals surface area contributed by atoms with E-state index in [9.17, 15) is 9.59 Å². The summed E-state index contributed by atoms with van der Waals surface area (Å²) in [4.78, 5) is 30.8.